The van der Waals surface area contributed by atoms with E-state index in [2.05, 4.69) is 26.8 Å². The number of hydrogen-bond donors (Lipinski definition) is 0. The van der Waals surface area contributed by atoms with Gasteiger partial charge in [0.25, 0.3) is 0 Å². The van der Waals surface area contributed by atoms with Gasteiger partial charge in [0.2, 0.25) is 0 Å². The third-order valence-corrected chi connectivity index (χ3v) is 4.92. The van der Waals surface area contributed by atoms with Crippen LogP contribution in [0, 0.1) is 11.3 Å². The zero-order chi connectivity index (χ0) is 15.2. The summed E-state index contributed by atoms with van der Waals surface area (Å²) < 4.78 is 0. The predicted octanol–water partition coefficient (Wildman–Crippen LogP) is 2.17. The third kappa shape index (κ3) is 3.79. The van der Waals surface area contributed by atoms with Gasteiger partial charge in [-0.1, -0.05) is 18.6 Å². The molecule has 2 saturated heterocycles. The first-order valence-electron chi connectivity index (χ1n) is 8.55. The number of para-hydroxylation sites is 1. The van der Waals surface area contributed by atoms with E-state index in [-0.39, 0.29) is 0 Å². The molecule has 2 fully saturated rings. The number of piperidine rings is 1. The van der Waals surface area contributed by atoms with Crippen LogP contribution in [0.1, 0.15) is 24.8 Å². The summed E-state index contributed by atoms with van der Waals surface area (Å²) in [6.07, 6.45) is 4.16. The van der Waals surface area contributed by atoms with E-state index in [0.29, 0.717) is 0 Å². The Morgan fingerprint density at radius 1 is 0.818 bits per heavy atom. The molecule has 2 aliphatic heterocycles. The standard InChI is InChI=1S/C18H26N4/c19-16-17-6-2-3-7-18(17)22-14-12-21(13-15-22)11-10-20-8-4-1-5-9-20/h2-3,6-7H,1,4-5,8-15H2. The molecule has 118 valence electrons. The van der Waals surface area contributed by atoms with Gasteiger partial charge in [-0.25, -0.2) is 0 Å². The fourth-order valence-electron chi connectivity index (χ4n) is 3.52. The summed E-state index contributed by atoms with van der Waals surface area (Å²) in [5.74, 6) is 0. The monoisotopic (exact) mass is 298 g/mol. The molecule has 0 atom stereocenters. The summed E-state index contributed by atoms with van der Waals surface area (Å²) in [4.78, 5) is 7.54. The second-order valence-electron chi connectivity index (χ2n) is 6.36. The molecular formula is C18H26N4. The van der Waals surface area contributed by atoms with Crippen molar-refractivity contribution >= 4 is 5.69 Å². The lowest BCUT2D eigenvalue weighted by Crippen LogP contribution is -2.49. The molecule has 1 aromatic carbocycles. The largest absolute Gasteiger partial charge is 0.368 e. The molecule has 0 radical (unpaired) electrons. The van der Waals surface area contributed by atoms with Crippen LogP contribution in [0.2, 0.25) is 0 Å². The van der Waals surface area contributed by atoms with Crippen LogP contribution >= 0.6 is 0 Å². The summed E-state index contributed by atoms with van der Waals surface area (Å²) in [6.45, 7) is 9.24. The van der Waals surface area contributed by atoms with Gasteiger partial charge in [-0.05, 0) is 38.1 Å². The van der Waals surface area contributed by atoms with E-state index in [1.54, 1.807) is 0 Å². The molecule has 4 nitrogen and oxygen atoms in total. The fraction of sp³-hybridized carbons (Fsp3) is 0.611. The molecule has 0 bridgehead atoms. The van der Waals surface area contributed by atoms with Crippen LogP contribution < -0.4 is 4.90 Å². The normalized spacial score (nSPS) is 20.8. The first-order chi connectivity index (χ1) is 10.9. The molecule has 0 aliphatic carbocycles. The van der Waals surface area contributed by atoms with Crippen LogP contribution in [0.4, 0.5) is 5.69 Å². The highest BCUT2D eigenvalue weighted by atomic mass is 15.3. The highest BCUT2D eigenvalue weighted by molar-refractivity contribution is 5.59. The molecule has 0 aromatic heterocycles. The number of anilines is 1. The molecule has 0 saturated carbocycles. The highest BCUT2D eigenvalue weighted by Crippen LogP contribution is 2.21. The molecule has 2 heterocycles. The maximum atomic E-state index is 9.24. The number of hydrogen-bond acceptors (Lipinski definition) is 4. The van der Waals surface area contributed by atoms with Gasteiger partial charge >= 0.3 is 0 Å². The van der Waals surface area contributed by atoms with E-state index in [1.807, 2.05) is 18.2 Å². The van der Waals surface area contributed by atoms with Crippen LogP contribution in [0.5, 0.6) is 0 Å². The molecule has 2 aliphatic rings. The highest BCUT2D eigenvalue weighted by Gasteiger charge is 2.19. The first kappa shape index (κ1) is 15.3. The second-order valence-corrected chi connectivity index (χ2v) is 6.36. The average Bonchev–Trinajstić information content (AvgIpc) is 2.61. The number of piperazine rings is 1. The summed E-state index contributed by atoms with van der Waals surface area (Å²) in [5.41, 5.74) is 1.89. The van der Waals surface area contributed by atoms with Gasteiger partial charge in [-0.15, -0.1) is 0 Å². The minimum Gasteiger partial charge on any atom is -0.368 e. The maximum Gasteiger partial charge on any atom is 0.101 e. The first-order valence-corrected chi connectivity index (χ1v) is 8.55. The van der Waals surface area contributed by atoms with Crippen molar-refractivity contribution in [1.29, 1.82) is 5.26 Å². The Kier molecular flexibility index (Phi) is 5.31. The quantitative estimate of drug-likeness (QED) is 0.853. The van der Waals surface area contributed by atoms with E-state index in [4.69, 9.17) is 0 Å². The van der Waals surface area contributed by atoms with Crippen LogP contribution in [-0.2, 0) is 0 Å². The average molecular weight is 298 g/mol. The zero-order valence-corrected chi connectivity index (χ0v) is 13.4. The van der Waals surface area contributed by atoms with E-state index >= 15 is 0 Å². The Bertz CT molecular complexity index is 508. The van der Waals surface area contributed by atoms with Crippen LogP contribution in [0.3, 0.4) is 0 Å². The summed E-state index contributed by atoms with van der Waals surface area (Å²) in [6, 6.07) is 10.3. The third-order valence-electron chi connectivity index (χ3n) is 4.92. The van der Waals surface area contributed by atoms with Crippen LogP contribution in [0.25, 0.3) is 0 Å². The van der Waals surface area contributed by atoms with Gasteiger partial charge < -0.3 is 9.80 Å². The molecular weight excluding hydrogens is 272 g/mol. The van der Waals surface area contributed by atoms with Gasteiger partial charge in [-0.3, -0.25) is 4.90 Å². The summed E-state index contributed by atoms with van der Waals surface area (Å²) in [7, 11) is 0. The Labute approximate surface area is 133 Å². The van der Waals surface area contributed by atoms with Crippen molar-refractivity contribution in [1.82, 2.24) is 9.80 Å². The predicted molar refractivity (Wildman–Crippen MR) is 90.1 cm³/mol. The summed E-state index contributed by atoms with van der Waals surface area (Å²) in [5, 5.41) is 9.24. The topological polar surface area (TPSA) is 33.5 Å². The number of benzene rings is 1. The minimum atomic E-state index is 0.796. The smallest absolute Gasteiger partial charge is 0.101 e. The SMILES string of the molecule is N#Cc1ccccc1N1CCN(CCN2CCCCC2)CC1. The molecule has 3 rings (SSSR count). The Hall–Kier alpha value is -1.57. The van der Waals surface area contributed by atoms with E-state index in [9.17, 15) is 5.26 Å². The van der Waals surface area contributed by atoms with Crippen molar-refractivity contribution in [3.8, 4) is 6.07 Å². The van der Waals surface area contributed by atoms with Gasteiger partial charge in [0, 0.05) is 39.3 Å². The van der Waals surface area contributed by atoms with Crippen molar-refractivity contribution in [2.75, 3.05) is 57.3 Å². The van der Waals surface area contributed by atoms with Gasteiger partial charge in [0.15, 0.2) is 0 Å². The van der Waals surface area contributed by atoms with Gasteiger partial charge in [-0.2, -0.15) is 5.26 Å². The minimum absolute atomic E-state index is 0.796. The van der Waals surface area contributed by atoms with E-state index in [0.717, 1.165) is 37.4 Å². The van der Waals surface area contributed by atoms with Crippen molar-refractivity contribution in [3.63, 3.8) is 0 Å². The number of rotatable bonds is 4. The van der Waals surface area contributed by atoms with Gasteiger partial charge in [0.1, 0.15) is 6.07 Å². The Morgan fingerprint density at radius 3 is 2.14 bits per heavy atom. The van der Waals surface area contributed by atoms with E-state index in [1.165, 1.54) is 45.4 Å². The lowest BCUT2D eigenvalue weighted by Gasteiger charge is -2.37. The number of likely N-dealkylation sites (tertiary alicyclic amines) is 1. The Balaban J connectivity index is 1.47. The van der Waals surface area contributed by atoms with E-state index < -0.39 is 0 Å². The lowest BCUT2D eigenvalue weighted by molar-refractivity contribution is 0.177. The number of nitriles is 1. The number of nitrogens with zero attached hydrogens (tertiary/aromatic N) is 4. The maximum absolute atomic E-state index is 9.24. The van der Waals surface area contributed by atoms with Crippen molar-refractivity contribution < 1.29 is 0 Å². The van der Waals surface area contributed by atoms with Crippen LogP contribution in [-0.4, -0.2) is 62.2 Å². The molecule has 0 unspecified atom stereocenters. The molecule has 1 aromatic rings. The summed E-state index contributed by atoms with van der Waals surface area (Å²) >= 11 is 0. The van der Waals surface area contributed by atoms with Gasteiger partial charge in [0.05, 0.1) is 11.3 Å². The molecule has 0 N–H and O–H groups in total. The lowest BCUT2D eigenvalue weighted by atomic mass is 10.1. The molecule has 4 heteroatoms. The van der Waals surface area contributed by atoms with Crippen LogP contribution in [0.15, 0.2) is 24.3 Å². The fourth-order valence-corrected chi connectivity index (χ4v) is 3.52. The second kappa shape index (κ2) is 7.62. The van der Waals surface area contributed by atoms with Crippen molar-refractivity contribution in [2.45, 2.75) is 19.3 Å². The molecule has 22 heavy (non-hydrogen) atoms. The van der Waals surface area contributed by atoms with Crippen molar-refractivity contribution in [2.24, 2.45) is 0 Å². The molecule has 0 amide bonds. The molecule has 0 spiro atoms. The Morgan fingerprint density at radius 2 is 1.45 bits per heavy atom. The zero-order valence-electron chi connectivity index (χ0n) is 13.4. The van der Waals surface area contributed by atoms with Crippen molar-refractivity contribution in [3.05, 3.63) is 29.8 Å².